The van der Waals surface area contributed by atoms with Crippen LogP contribution >= 0.6 is 0 Å². The minimum atomic E-state index is 0.0212. The highest BCUT2D eigenvalue weighted by molar-refractivity contribution is 5.26. The van der Waals surface area contributed by atoms with E-state index in [4.69, 9.17) is 10.5 Å². The quantitative estimate of drug-likeness (QED) is 0.833. The standard InChI is InChI=1S/C13H22N2O/c1-5-16-12-6-11(7-15-8-12)13(14)10(4)9(2)3/h6-10,13H,5,14H2,1-4H3. The monoisotopic (exact) mass is 222 g/mol. The summed E-state index contributed by atoms with van der Waals surface area (Å²) in [5, 5.41) is 0. The van der Waals surface area contributed by atoms with Gasteiger partial charge in [0, 0.05) is 12.2 Å². The Morgan fingerprint density at radius 2 is 2.00 bits per heavy atom. The summed E-state index contributed by atoms with van der Waals surface area (Å²) in [5.74, 6) is 1.79. The maximum absolute atomic E-state index is 6.21. The van der Waals surface area contributed by atoms with E-state index < -0.39 is 0 Å². The number of hydrogen-bond donors (Lipinski definition) is 1. The lowest BCUT2D eigenvalue weighted by atomic mass is 9.87. The van der Waals surface area contributed by atoms with Crippen LogP contribution in [0.2, 0.25) is 0 Å². The van der Waals surface area contributed by atoms with Crippen molar-refractivity contribution in [2.45, 2.75) is 33.7 Å². The van der Waals surface area contributed by atoms with Crippen LogP contribution in [0.1, 0.15) is 39.3 Å². The number of aromatic nitrogens is 1. The summed E-state index contributed by atoms with van der Waals surface area (Å²) in [4.78, 5) is 4.16. The van der Waals surface area contributed by atoms with Crippen LogP contribution < -0.4 is 10.5 Å². The Bertz CT molecular complexity index is 325. The molecule has 0 saturated heterocycles. The van der Waals surface area contributed by atoms with Crippen molar-refractivity contribution in [2.75, 3.05) is 6.61 Å². The van der Waals surface area contributed by atoms with Crippen LogP contribution in [0, 0.1) is 11.8 Å². The minimum absolute atomic E-state index is 0.0212. The van der Waals surface area contributed by atoms with E-state index >= 15 is 0 Å². The average molecular weight is 222 g/mol. The van der Waals surface area contributed by atoms with Crippen molar-refractivity contribution in [3.8, 4) is 5.75 Å². The zero-order chi connectivity index (χ0) is 12.1. The molecule has 0 aromatic carbocycles. The molecule has 0 saturated carbocycles. The number of hydrogen-bond acceptors (Lipinski definition) is 3. The molecule has 1 rings (SSSR count). The second-order valence-electron chi connectivity index (χ2n) is 4.52. The number of nitrogens with zero attached hydrogens (tertiary/aromatic N) is 1. The summed E-state index contributed by atoms with van der Waals surface area (Å²) in [7, 11) is 0. The molecular weight excluding hydrogens is 200 g/mol. The number of pyridine rings is 1. The van der Waals surface area contributed by atoms with Gasteiger partial charge in [0.1, 0.15) is 5.75 Å². The highest BCUT2D eigenvalue weighted by Crippen LogP contribution is 2.26. The number of ether oxygens (including phenoxy) is 1. The van der Waals surface area contributed by atoms with Crippen molar-refractivity contribution in [3.63, 3.8) is 0 Å². The summed E-state index contributed by atoms with van der Waals surface area (Å²) < 4.78 is 5.42. The van der Waals surface area contributed by atoms with E-state index in [9.17, 15) is 0 Å². The van der Waals surface area contributed by atoms with Crippen LogP contribution in [0.3, 0.4) is 0 Å². The zero-order valence-electron chi connectivity index (χ0n) is 10.6. The van der Waals surface area contributed by atoms with E-state index in [2.05, 4.69) is 25.8 Å². The normalized spacial score (nSPS) is 14.9. The van der Waals surface area contributed by atoms with E-state index in [1.54, 1.807) is 6.20 Å². The molecule has 2 N–H and O–H groups in total. The Balaban J connectivity index is 2.82. The van der Waals surface area contributed by atoms with Gasteiger partial charge < -0.3 is 10.5 Å². The maximum atomic E-state index is 6.21. The Morgan fingerprint density at radius 3 is 2.56 bits per heavy atom. The lowest BCUT2D eigenvalue weighted by Crippen LogP contribution is -2.23. The van der Waals surface area contributed by atoms with Gasteiger partial charge >= 0.3 is 0 Å². The summed E-state index contributed by atoms with van der Waals surface area (Å²) in [5.41, 5.74) is 7.26. The van der Waals surface area contributed by atoms with Crippen LogP contribution in [0.25, 0.3) is 0 Å². The molecule has 1 heterocycles. The second kappa shape index (κ2) is 5.85. The van der Waals surface area contributed by atoms with Crippen molar-refractivity contribution < 1.29 is 4.74 Å². The third-order valence-corrected chi connectivity index (χ3v) is 3.05. The van der Waals surface area contributed by atoms with Crippen molar-refractivity contribution in [2.24, 2.45) is 17.6 Å². The van der Waals surface area contributed by atoms with Gasteiger partial charge in [0.25, 0.3) is 0 Å². The fourth-order valence-electron chi connectivity index (χ4n) is 1.58. The molecule has 0 amide bonds. The van der Waals surface area contributed by atoms with E-state index in [0.29, 0.717) is 18.4 Å². The molecule has 1 aromatic rings. The lowest BCUT2D eigenvalue weighted by Gasteiger charge is -2.23. The van der Waals surface area contributed by atoms with Gasteiger partial charge in [-0.25, -0.2) is 0 Å². The molecule has 0 spiro atoms. The molecule has 90 valence electrons. The fraction of sp³-hybridized carbons (Fsp3) is 0.615. The van der Waals surface area contributed by atoms with Gasteiger partial charge in [-0.3, -0.25) is 4.98 Å². The first-order valence-electron chi connectivity index (χ1n) is 5.89. The smallest absolute Gasteiger partial charge is 0.137 e. The van der Waals surface area contributed by atoms with Gasteiger partial charge in [0.2, 0.25) is 0 Å². The van der Waals surface area contributed by atoms with Gasteiger partial charge in [-0.05, 0) is 30.4 Å². The van der Waals surface area contributed by atoms with Crippen LogP contribution in [-0.2, 0) is 0 Å². The van der Waals surface area contributed by atoms with Crippen LogP contribution in [0.4, 0.5) is 0 Å². The zero-order valence-corrected chi connectivity index (χ0v) is 10.6. The average Bonchev–Trinajstić information content (AvgIpc) is 2.28. The third kappa shape index (κ3) is 3.20. The van der Waals surface area contributed by atoms with Crippen molar-refractivity contribution in [1.29, 1.82) is 0 Å². The molecule has 3 nitrogen and oxygen atoms in total. The Labute approximate surface area is 98.0 Å². The number of rotatable bonds is 5. The summed E-state index contributed by atoms with van der Waals surface area (Å²) in [6.07, 6.45) is 3.55. The van der Waals surface area contributed by atoms with Crippen LogP contribution in [0.15, 0.2) is 18.5 Å². The third-order valence-electron chi connectivity index (χ3n) is 3.05. The highest BCUT2D eigenvalue weighted by atomic mass is 16.5. The molecule has 2 atom stereocenters. The van der Waals surface area contributed by atoms with Crippen molar-refractivity contribution in [3.05, 3.63) is 24.0 Å². The largest absolute Gasteiger partial charge is 0.492 e. The van der Waals surface area contributed by atoms with Gasteiger partial charge in [-0.1, -0.05) is 20.8 Å². The Kier molecular flexibility index (Phi) is 4.74. The Morgan fingerprint density at radius 1 is 1.31 bits per heavy atom. The molecule has 0 radical (unpaired) electrons. The van der Waals surface area contributed by atoms with E-state index in [1.807, 2.05) is 19.2 Å². The lowest BCUT2D eigenvalue weighted by molar-refractivity contribution is 0.332. The van der Waals surface area contributed by atoms with Crippen LogP contribution in [0.5, 0.6) is 5.75 Å². The van der Waals surface area contributed by atoms with Gasteiger partial charge in [0.05, 0.1) is 12.8 Å². The molecule has 3 heteroatoms. The number of nitrogens with two attached hydrogens (primary N) is 1. The molecule has 0 aliphatic rings. The molecule has 1 aromatic heterocycles. The summed E-state index contributed by atoms with van der Waals surface area (Å²) >= 11 is 0. The molecular formula is C13H22N2O. The van der Waals surface area contributed by atoms with E-state index in [-0.39, 0.29) is 6.04 Å². The molecule has 0 aliphatic carbocycles. The Hall–Kier alpha value is -1.09. The highest BCUT2D eigenvalue weighted by Gasteiger charge is 2.18. The fourth-order valence-corrected chi connectivity index (χ4v) is 1.58. The van der Waals surface area contributed by atoms with Gasteiger partial charge in [-0.15, -0.1) is 0 Å². The predicted molar refractivity (Wildman–Crippen MR) is 66.3 cm³/mol. The van der Waals surface area contributed by atoms with Gasteiger partial charge in [-0.2, -0.15) is 0 Å². The van der Waals surface area contributed by atoms with Gasteiger partial charge in [0.15, 0.2) is 0 Å². The summed E-state index contributed by atoms with van der Waals surface area (Å²) in [6.45, 7) is 9.15. The first-order valence-corrected chi connectivity index (χ1v) is 5.89. The van der Waals surface area contributed by atoms with Crippen molar-refractivity contribution >= 4 is 0 Å². The molecule has 0 aliphatic heterocycles. The maximum Gasteiger partial charge on any atom is 0.137 e. The molecule has 0 fully saturated rings. The second-order valence-corrected chi connectivity index (χ2v) is 4.52. The predicted octanol–water partition coefficient (Wildman–Crippen LogP) is 2.77. The molecule has 0 bridgehead atoms. The molecule has 16 heavy (non-hydrogen) atoms. The van der Waals surface area contributed by atoms with Crippen molar-refractivity contribution in [1.82, 2.24) is 4.98 Å². The first kappa shape index (κ1) is 13.0. The molecule has 2 unspecified atom stereocenters. The van der Waals surface area contributed by atoms with E-state index in [1.165, 1.54) is 0 Å². The van der Waals surface area contributed by atoms with E-state index in [0.717, 1.165) is 11.3 Å². The summed E-state index contributed by atoms with van der Waals surface area (Å²) in [6, 6.07) is 2.01. The topological polar surface area (TPSA) is 48.1 Å². The first-order chi connectivity index (χ1) is 7.56. The van der Waals surface area contributed by atoms with Crippen LogP contribution in [-0.4, -0.2) is 11.6 Å². The SMILES string of the molecule is CCOc1cncc(C(N)C(C)C(C)C)c1. The minimum Gasteiger partial charge on any atom is -0.492 e.